The van der Waals surface area contributed by atoms with E-state index in [0.717, 1.165) is 42.8 Å². The van der Waals surface area contributed by atoms with E-state index in [-0.39, 0.29) is 6.03 Å². The fourth-order valence-electron chi connectivity index (χ4n) is 4.58. The zero-order valence-electron chi connectivity index (χ0n) is 16.2. The summed E-state index contributed by atoms with van der Waals surface area (Å²) >= 11 is 1.22. The lowest BCUT2D eigenvalue weighted by atomic mass is 10.0. The monoisotopic (exact) mass is 414 g/mol. The predicted octanol–water partition coefficient (Wildman–Crippen LogP) is 2.20. The maximum atomic E-state index is 12.6. The van der Waals surface area contributed by atoms with Gasteiger partial charge in [-0.25, -0.2) is 14.8 Å². The van der Waals surface area contributed by atoms with Gasteiger partial charge in [-0.15, -0.1) is 5.10 Å². The minimum Gasteiger partial charge on any atom is -0.472 e. The maximum absolute atomic E-state index is 12.6. The molecule has 2 fully saturated rings. The number of urea groups is 1. The van der Waals surface area contributed by atoms with Crippen molar-refractivity contribution in [3.8, 4) is 5.19 Å². The summed E-state index contributed by atoms with van der Waals surface area (Å²) in [4.78, 5) is 28.7. The van der Waals surface area contributed by atoms with Gasteiger partial charge in [0.1, 0.15) is 17.8 Å². The van der Waals surface area contributed by atoms with Gasteiger partial charge in [-0.1, -0.05) is 5.10 Å². The molecule has 0 bridgehead atoms. The molecule has 0 aromatic carbocycles. The highest BCUT2D eigenvalue weighted by Gasteiger charge is 2.44. The van der Waals surface area contributed by atoms with Crippen molar-refractivity contribution in [2.75, 3.05) is 37.5 Å². The molecular formula is C18H22N8O2S. The topological polar surface area (TPSA) is 112 Å². The van der Waals surface area contributed by atoms with Crippen LogP contribution in [-0.2, 0) is 0 Å². The van der Waals surface area contributed by atoms with E-state index in [9.17, 15) is 4.79 Å². The third-order valence-electron chi connectivity index (χ3n) is 6.02. The fourth-order valence-corrected chi connectivity index (χ4v) is 5.13. The normalized spacial score (nSPS) is 23.4. The second-order valence-electron chi connectivity index (χ2n) is 7.61. The number of hydrogen-bond acceptors (Lipinski definition) is 8. The number of rotatable bonds is 4. The summed E-state index contributed by atoms with van der Waals surface area (Å²) in [5.74, 6) is 1.96. The molecule has 152 valence electrons. The van der Waals surface area contributed by atoms with Gasteiger partial charge in [-0.05, 0) is 42.1 Å². The summed E-state index contributed by atoms with van der Waals surface area (Å²) in [6, 6.07) is 2.31. The number of fused-ring (bicyclic) bond motifs is 2. The fraction of sp³-hybridized carbons (Fsp3) is 0.500. The number of aromatic amines is 1. The van der Waals surface area contributed by atoms with Crippen molar-refractivity contribution < 1.29 is 9.53 Å². The number of carbonyl (C=O) groups is 1. The van der Waals surface area contributed by atoms with E-state index in [1.807, 2.05) is 17.2 Å². The molecular weight excluding hydrogens is 392 g/mol. The number of H-pyrrole nitrogens is 1. The predicted molar refractivity (Wildman–Crippen MR) is 109 cm³/mol. The number of likely N-dealkylation sites (tertiary alicyclic amines) is 1. The highest BCUT2D eigenvalue weighted by molar-refractivity contribution is 7.17. The largest absolute Gasteiger partial charge is 0.472 e. The lowest BCUT2D eigenvalue weighted by Gasteiger charge is -2.27. The molecule has 4 heterocycles. The second kappa shape index (κ2) is 7.14. The standard InChI is InChI=1S/C18H22N8O2S/c1-25(15-13-3-4-19-14(13)20-9-21-15)12-5-10-7-26(8-11(10)6-12)17(27)22-16-23-24-18(28-2)29-16/h3-4,9-12H,5-8H2,1-2H3,(H,19,20,21)(H,22,23,27)/t10-,11?,12?/m0/s1. The average molecular weight is 414 g/mol. The maximum Gasteiger partial charge on any atom is 0.323 e. The van der Waals surface area contributed by atoms with Gasteiger partial charge in [0, 0.05) is 32.4 Å². The van der Waals surface area contributed by atoms with Gasteiger partial charge >= 0.3 is 6.03 Å². The SMILES string of the molecule is COc1nnc(NC(=O)N2CC3CC(N(C)c4ncnc5[nH]ccc45)C[C@H]3C2)s1. The van der Waals surface area contributed by atoms with Gasteiger partial charge in [-0.2, -0.15) is 0 Å². The number of nitrogens with one attached hydrogen (secondary N) is 2. The van der Waals surface area contributed by atoms with E-state index in [1.54, 1.807) is 6.33 Å². The molecule has 1 aliphatic carbocycles. The van der Waals surface area contributed by atoms with Gasteiger partial charge in [0.05, 0.1) is 12.5 Å². The van der Waals surface area contributed by atoms with Gasteiger partial charge < -0.3 is 19.5 Å². The Kier molecular flexibility index (Phi) is 4.46. The summed E-state index contributed by atoms with van der Waals surface area (Å²) in [6.45, 7) is 1.53. The van der Waals surface area contributed by atoms with Crippen LogP contribution in [0.4, 0.5) is 15.7 Å². The molecule has 2 unspecified atom stereocenters. The van der Waals surface area contributed by atoms with Crippen LogP contribution < -0.4 is 15.0 Å². The van der Waals surface area contributed by atoms with E-state index in [0.29, 0.717) is 28.2 Å². The van der Waals surface area contributed by atoms with Gasteiger partial charge in [0.2, 0.25) is 5.13 Å². The average Bonchev–Trinajstić information content (AvgIpc) is 3.48. The summed E-state index contributed by atoms with van der Waals surface area (Å²) in [7, 11) is 3.64. The summed E-state index contributed by atoms with van der Waals surface area (Å²) in [5, 5.41) is 12.5. The first-order valence-corrected chi connectivity index (χ1v) is 10.4. The molecule has 3 aromatic heterocycles. The zero-order valence-corrected chi connectivity index (χ0v) is 17.0. The van der Waals surface area contributed by atoms with Crippen molar-refractivity contribution in [1.29, 1.82) is 0 Å². The number of methoxy groups -OCH3 is 1. The van der Waals surface area contributed by atoms with Crippen molar-refractivity contribution in [1.82, 2.24) is 30.0 Å². The van der Waals surface area contributed by atoms with Gasteiger partial charge in [0.25, 0.3) is 5.19 Å². The van der Waals surface area contributed by atoms with Crippen LogP contribution in [-0.4, -0.2) is 69.4 Å². The van der Waals surface area contributed by atoms with E-state index in [4.69, 9.17) is 4.74 Å². The molecule has 2 N–H and O–H groups in total. The van der Waals surface area contributed by atoms with Crippen LogP contribution in [0.5, 0.6) is 5.19 Å². The second-order valence-corrected chi connectivity index (χ2v) is 8.55. The van der Waals surface area contributed by atoms with Crippen LogP contribution in [0.2, 0.25) is 0 Å². The zero-order chi connectivity index (χ0) is 20.0. The molecule has 1 saturated heterocycles. The number of ether oxygens (including phenoxy) is 1. The van der Waals surface area contributed by atoms with Crippen LogP contribution >= 0.6 is 11.3 Å². The van der Waals surface area contributed by atoms with E-state index < -0.39 is 0 Å². The molecule has 29 heavy (non-hydrogen) atoms. The highest BCUT2D eigenvalue weighted by Crippen LogP contribution is 2.41. The molecule has 3 atom stereocenters. The van der Waals surface area contributed by atoms with Gasteiger partial charge in [0.15, 0.2) is 0 Å². The third-order valence-corrected chi connectivity index (χ3v) is 6.82. The Bertz CT molecular complexity index is 1020. The van der Waals surface area contributed by atoms with Crippen LogP contribution in [0.1, 0.15) is 12.8 Å². The number of aromatic nitrogens is 5. The Morgan fingerprint density at radius 3 is 2.83 bits per heavy atom. The molecule has 10 nitrogen and oxygen atoms in total. The van der Waals surface area contributed by atoms with Crippen molar-refractivity contribution in [2.45, 2.75) is 18.9 Å². The first-order chi connectivity index (χ1) is 14.1. The first kappa shape index (κ1) is 18.1. The number of anilines is 2. The Morgan fingerprint density at radius 1 is 1.31 bits per heavy atom. The van der Waals surface area contributed by atoms with Crippen LogP contribution in [0.25, 0.3) is 11.0 Å². The molecule has 1 aliphatic heterocycles. The van der Waals surface area contributed by atoms with E-state index in [1.165, 1.54) is 18.4 Å². The molecule has 0 radical (unpaired) electrons. The third kappa shape index (κ3) is 3.24. The van der Waals surface area contributed by atoms with Crippen LogP contribution in [0, 0.1) is 11.8 Å². The first-order valence-electron chi connectivity index (χ1n) is 9.56. The molecule has 0 spiro atoms. The smallest absolute Gasteiger partial charge is 0.323 e. The lowest BCUT2D eigenvalue weighted by Crippen LogP contribution is -2.36. The number of nitrogens with zero attached hydrogens (tertiary/aromatic N) is 6. The minimum atomic E-state index is -0.118. The van der Waals surface area contributed by atoms with E-state index in [2.05, 4.69) is 42.4 Å². The quantitative estimate of drug-likeness (QED) is 0.673. The highest BCUT2D eigenvalue weighted by atomic mass is 32.1. The molecule has 5 rings (SSSR count). The minimum absolute atomic E-state index is 0.118. The van der Waals surface area contributed by atoms with Crippen molar-refractivity contribution in [3.63, 3.8) is 0 Å². The number of amides is 2. The van der Waals surface area contributed by atoms with Gasteiger partial charge in [-0.3, -0.25) is 5.32 Å². The Labute approximate surface area is 171 Å². The van der Waals surface area contributed by atoms with Crippen LogP contribution in [0.3, 0.4) is 0 Å². The summed E-state index contributed by atoms with van der Waals surface area (Å²) in [5.41, 5.74) is 0.858. The van der Waals surface area contributed by atoms with E-state index >= 15 is 0 Å². The van der Waals surface area contributed by atoms with Crippen LogP contribution in [0.15, 0.2) is 18.6 Å². The molecule has 2 amide bonds. The lowest BCUT2D eigenvalue weighted by molar-refractivity contribution is 0.218. The van der Waals surface area contributed by atoms with Crippen molar-refractivity contribution >= 4 is 39.4 Å². The molecule has 11 heteroatoms. The summed E-state index contributed by atoms with van der Waals surface area (Å²) < 4.78 is 5.02. The van der Waals surface area contributed by atoms with Crippen molar-refractivity contribution in [2.24, 2.45) is 11.8 Å². The van der Waals surface area contributed by atoms with Crippen molar-refractivity contribution in [3.05, 3.63) is 18.6 Å². The molecule has 3 aromatic rings. The molecule has 2 aliphatic rings. The number of carbonyl (C=O) groups excluding carboxylic acids is 1. The summed E-state index contributed by atoms with van der Waals surface area (Å²) in [6.07, 6.45) is 5.60. The molecule has 1 saturated carbocycles. The Balaban J connectivity index is 1.21. The number of hydrogen-bond donors (Lipinski definition) is 2. The Hall–Kier alpha value is -2.95. The Morgan fingerprint density at radius 2 is 2.10 bits per heavy atom.